The van der Waals surface area contributed by atoms with Crippen molar-refractivity contribution in [2.75, 3.05) is 27.1 Å². The molecule has 0 aliphatic rings. The number of quaternary nitrogens is 1. The van der Waals surface area contributed by atoms with Crippen LogP contribution in [0.25, 0.3) is 27.6 Å². The number of fused-ring (bicyclic) bond motifs is 1. The van der Waals surface area contributed by atoms with E-state index in [0.29, 0.717) is 56.3 Å². The minimum atomic E-state index is -0.556. The predicted octanol–water partition coefficient (Wildman–Crippen LogP) is 0.626. The zero-order chi connectivity index (χ0) is 29.1. The number of halogens is 1. The lowest BCUT2D eigenvalue weighted by Gasteiger charge is -2.20. The van der Waals surface area contributed by atoms with Crippen LogP contribution in [0.5, 0.6) is 23.0 Å². The number of hydrogen-bond donors (Lipinski definition) is 2. The molecule has 5 aromatic rings. The molecule has 5 rings (SSSR count). The summed E-state index contributed by atoms with van der Waals surface area (Å²) < 4.78 is 24.0. The zero-order valence-electron chi connectivity index (χ0n) is 23.2. The average molecular weight is 589 g/mol. The minimum absolute atomic E-state index is 0. The number of aromatic nitrogens is 2. The maximum absolute atomic E-state index is 14.1. The molecule has 2 aromatic heterocycles. The number of nitrogens with zero attached hydrogens (tertiary/aromatic N) is 2. The summed E-state index contributed by atoms with van der Waals surface area (Å²) in [6.07, 6.45) is 1.69. The molecule has 3 aromatic carbocycles. The van der Waals surface area contributed by atoms with Gasteiger partial charge in [0.2, 0.25) is 5.75 Å². The topological polar surface area (TPSA) is 143 Å². The summed E-state index contributed by atoms with van der Waals surface area (Å²) in [7, 11) is 4.52. The summed E-state index contributed by atoms with van der Waals surface area (Å²) in [5.74, 6) is 1.08. The third-order valence-corrected chi connectivity index (χ3v) is 6.64. The number of carbonyl (C=O) groups excluding carboxylic acids is 1. The fourth-order valence-corrected chi connectivity index (χ4v) is 4.76. The van der Waals surface area contributed by atoms with Gasteiger partial charge in [0, 0.05) is 23.1 Å². The number of nitrogen functional groups attached to an aromatic ring is 1. The molecule has 0 saturated heterocycles. The molecule has 0 bridgehead atoms. The number of nitrogens with two attached hydrogens (primary N) is 1. The van der Waals surface area contributed by atoms with Gasteiger partial charge in [-0.1, -0.05) is 6.07 Å². The van der Waals surface area contributed by atoms with Gasteiger partial charge in [0.05, 0.1) is 32.4 Å². The van der Waals surface area contributed by atoms with Crippen LogP contribution in [0.3, 0.4) is 0 Å². The first-order chi connectivity index (χ1) is 19.9. The first-order valence-electron chi connectivity index (χ1n) is 12.6. The van der Waals surface area contributed by atoms with E-state index in [2.05, 4.69) is 10.7 Å². The molecule has 11 heteroatoms. The number of anilines is 1. The molecule has 42 heavy (non-hydrogen) atoms. The van der Waals surface area contributed by atoms with Gasteiger partial charge in [-0.15, -0.1) is 0 Å². The van der Waals surface area contributed by atoms with E-state index in [0.717, 1.165) is 5.69 Å². The Morgan fingerprint density at radius 2 is 1.60 bits per heavy atom. The van der Waals surface area contributed by atoms with E-state index in [4.69, 9.17) is 24.7 Å². The van der Waals surface area contributed by atoms with Crippen LogP contribution in [0.2, 0.25) is 0 Å². The Bertz CT molecular complexity index is 1780. The summed E-state index contributed by atoms with van der Waals surface area (Å²) in [6.45, 7) is 0.216. The Kier molecular flexibility index (Phi) is 8.99. The highest BCUT2D eigenvalue weighted by Crippen LogP contribution is 2.43. The van der Waals surface area contributed by atoms with E-state index >= 15 is 0 Å². The van der Waals surface area contributed by atoms with Crippen molar-refractivity contribution in [1.29, 1.82) is 0 Å². The molecule has 0 spiro atoms. The Morgan fingerprint density at radius 1 is 0.905 bits per heavy atom. The van der Waals surface area contributed by atoms with Gasteiger partial charge >= 0.3 is 5.91 Å². The number of ether oxygens (including phenoxy) is 4. The molecule has 5 N–H and O–H groups in total. The molecule has 0 radical (unpaired) electrons. The van der Waals surface area contributed by atoms with Gasteiger partial charge in [-0.2, -0.15) is 0 Å². The van der Waals surface area contributed by atoms with Crippen LogP contribution in [0.4, 0.5) is 5.69 Å². The quantitative estimate of drug-likeness (QED) is 0.239. The molecule has 0 aliphatic carbocycles. The van der Waals surface area contributed by atoms with E-state index in [-0.39, 0.29) is 24.7 Å². The first kappa shape index (κ1) is 29.9. The Morgan fingerprint density at radius 3 is 2.17 bits per heavy atom. The van der Waals surface area contributed by atoms with Gasteiger partial charge in [-0.25, -0.2) is 4.79 Å². The van der Waals surface area contributed by atoms with Crippen molar-refractivity contribution in [3.63, 3.8) is 0 Å². The zero-order valence-corrected chi connectivity index (χ0v) is 24.0. The van der Waals surface area contributed by atoms with Gasteiger partial charge in [-0.3, -0.25) is 20.1 Å². The number of methoxy groups -OCH3 is 3. The smallest absolute Gasteiger partial charge is 0.358 e. The fraction of sp³-hybridized carbons (Fsp3) is 0.129. The SMILES string of the molecule is COc1cc(-c2c(C([NH3+])=O)n(-c3ccc(N)cc3)c(=O)c3cc(OCc4ccccn4)ccc23)cc(OC)c1OC.[Cl-]. The second-order valence-corrected chi connectivity index (χ2v) is 9.11. The van der Waals surface area contributed by atoms with Crippen molar-refractivity contribution < 1.29 is 41.9 Å². The van der Waals surface area contributed by atoms with E-state index in [1.54, 1.807) is 60.8 Å². The molecule has 0 fully saturated rings. The Hall–Kier alpha value is -5.06. The summed E-state index contributed by atoms with van der Waals surface area (Å²) in [6, 6.07) is 20.8. The van der Waals surface area contributed by atoms with Crippen LogP contribution < -0.4 is 48.4 Å². The number of pyridine rings is 2. The monoisotopic (exact) mass is 588 g/mol. The van der Waals surface area contributed by atoms with Crippen molar-refractivity contribution in [2.45, 2.75) is 6.61 Å². The Labute approximate surface area is 247 Å². The van der Waals surface area contributed by atoms with E-state index in [1.807, 2.05) is 18.2 Å². The molecule has 0 aliphatic heterocycles. The standard InChI is InChI=1S/C31H28N4O6.ClH/c1-38-25-14-18(15-26(39-2)29(25)40-3)27-23-12-11-22(41-17-20-6-4-5-13-34-20)16-24(23)31(37)35(28(27)30(33)36)21-9-7-19(32)8-10-21;/h4-16H,17,32H2,1-3H3,(H2,33,36);1H. The molecule has 1 amide bonds. The minimum Gasteiger partial charge on any atom is -1.00 e. The van der Waals surface area contributed by atoms with Crippen LogP contribution in [-0.2, 0) is 6.61 Å². The number of amides is 1. The maximum Gasteiger partial charge on any atom is 0.358 e. The summed E-state index contributed by atoms with van der Waals surface area (Å²) in [5.41, 5.74) is 12.0. The van der Waals surface area contributed by atoms with Crippen LogP contribution in [0.15, 0.2) is 83.8 Å². The van der Waals surface area contributed by atoms with Crippen molar-refractivity contribution in [3.8, 4) is 39.8 Å². The van der Waals surface area contributed by atoms with Crippen LogP contribution in [0.1, 0.15) is 16.2 Å². The molecule has 0 unspecified atom stereocenters. The lowest BCUT2D eigenvalue weighted by Crippen LogP contribution is -3.00. The number of rotatable bonds is 9. The number of benzene rings is 3. The van der Waals surface area contributed by atoms with Crippen molar-refractivity contribution in [2.24, 2.45) is 0 Å². The van der Waals surface area contributed by atoms with Crippen LogP contribution >= 0.6 is 0 Å². The van der Waals surface area contributed by atoms with E-state index < -0.39 is 11.5 Å². The number of carbonyl (C=O) groups is 1. The largest absolute Gasteiger partial charge is 1.00 e. The molecule has 0 atom stereocenters. The second kappa shape index (κ2) is 12.6. The van der Waals surface area contributed by atoms with Gasteiger partial charge in [-0.05, 0) is 77.7 Å². The molecule has 216 valence electrons. The molecule has 0 saturated carbocycles. The third kappa shape index (κ3) is 5.58. The molecule has 10 nitrogen and oxygen atoms in total. The normalized spacial score (nSPS) is 10.6. The lowest BCUT2D eigenvalue weighted by atomic mass is 9.95. The summed E-state index contributed by atoms with van der Waals surface area (Å²) in [5, 5.41) is 0.849. The van der Waals surface area contributed by atoms with Gasteiger partial charge < -0.3 is 37.1 Å². The Balaban J connectivity index is 0.00000405. The van der Waals surface area contributed by atoms with Crippen molar-refractivity contribution >= 4 is 22.4 Å². The van der Waals surface area contributed by atoms with Crippen molar-refractivity contribution in [3.05, 3.63) is 101 Å². The summed E-state index contributed by atoms with van der Waals surface area (Å²) in [4.78, 5) is 31.6. The maximum atomic E-state index is 14.1. The lowest BCUT2D eigenvalue weighted by molar-refractivity contribution is -0.255. The predicted molar refractivity (Wildman–Crippen MR) is 155 cm³/mol. The first-order valence-corrected chi connectivity index (χ1v) is 12.6. The average Bonchev–Trinajstić information content (AvgIpc) is 3.00. The fourth-order valence-electron chi connectivity index (χ4n) is 4.76. The molecular formula is C31H29ClN4O6. The van der Waals surface area contributed by atoms with Gasteiger partial charge in [0.25, 0.3) is 5.56 Å². The summed E-state index contributed by atoms with van der Waals surface area (Å²) >= 11 is 0. The highest BCUT2D eigenvalue weighted by molar-refractivity contribution is 6.06. The van der Waals surface area contributed by atoms with E-state index in [9.17, 15) is 9.59 Å². The van der Waals surface area contributed by atoms with Crippen molar-refractivity contribution in [1.82, 2.24) is 9.55 Å². The molecule has 2 heterocycles. The molecular weight excluding hydrogens is 560 g/mol. The van der Waals surface area contributed by atoms with Crippen LogP contribution in [-0.4, -0.2) is 36.8 Å². The highest BCUT2D eigenvalue weighted by Gasteiger charge is 2.27. The highest BCUT2D eigenvalue weighted by atomic mass is 35.5. The third-order valence-electron chi connectivity index (χ3n) is 6.64. The number of hydrogen-bond acceptors (Lipinski definition) is 8. The van der Waals surface area contributed by atoms with Gasteiger partial charge in [0.15, 0.2) is 17.2 Å². The van der Waals surface area contributed by atoms with E-state index in [1.165, 1.54) is 25.9 Å². The second-order valence-electron chi connectivity index (χ2n) is 9.11. The van der Waals surface area contributed by atoms with Crippen LogP contribution in [0, 0.1) is 0 Å². The van der Waals surface area contributed by atoms with Gasteiger partial charge in [0.1, 0.15) is 12.4 Å².